The molecular formula is C19H22FN3O2. The molecule has 0 aliphatic rings. The maximum atomic E-state index is 13.9. The Balaban J connectivity index is 1.98. The molecule has 0 saturated carbocycles. The highest BCUT2D eigenvalue weighted by molar-refractivity contribution is 5.95. The van der Waals surface area contributed by atoms with Crippen molar-refractivity contribution in [2.75, 3.05) is 10.6 Å². The molecule has 1 atom stereocenters. The summed E-state index contributed by atoms with van der Waals surface area (Å²) in [5.41, 5.74) is 6.91. The molecule has 25 heavy (non-hydrogen) atoms. The average Bonchev–Trinajstić information content (AvgIpc) is 2.57. The van der Waals surface area contributed by atoms with Crippen LogP contribution in [0, 0.1) is 5.82 Å². The quantitative estimate of drug-likeness (QED) is 0.722. The van der Waals surface area contributed by atoms with Crippen molar-refractivity contribution in [2.45, 2.75) is 32.2 Å². The first-order valence-corrected chi connectivity index (χ1v) is 8.13. The molecule has 2 aromatic carbocycles. The zero-order chi connectivity index (χ0) is 18.2. The smallest absolute Gasteiger partial charge is 0.228 e. The van der Waals surface area contributed by atoms with Crippen LogP contribution in [0.15, 0.2) is 48.5 Å². The molecule has 2 aromatic rings. The lowest BCUT2D eigenvalue weighted by molar-refractivity contribution is -0.116. The van der Waals surface area contributed by atoms with Gasteiger partial charge in [0.15, 0.2) is 0 Å². The van der Waals surface area contributed by atoms with Gasteiger partial charge in [-0.05, 0) is 37.1 Å². The van der Waals surface area contributed by atoms with E-state index in [4.69, 9.17) is 5.73 Å². The molecule has 4 N–H and O–H groups in total. The summed E-state index contributed by atoms with van der Waals surface area (Å²) in [6.45, 7) is 1.82. The number of rotatable bonds is 7. The summed E-state index contributed by atoms with van der Waals surface area (Å²) >= 11 is 0. The van der Waals surface area contributed by atoms with Crippen molar-refractivity contribution in [1.29, 1.82) is 0 Å². The molecule has 0 bridgehead atoms. The Morgan fingerprint density at radius 3 is 2.48 bits per heavy atom. The highest BCUT2D eigenvalue weighted by Crippen LogP contribution is 2.20. The fourth-order valence-corrected chi connectivity index (χ4v) is 2.26. The van der Waals surface area contributed by atoms with Gasteiger partial charge in [0.05, 0.1) is 12.1 Å². The van der Waals surface area contributed by atoms with E-state index < -0.39 is 5.82 Å². The van der Waals surface area contributed by atoms with Crippen LogP contribution in [0.4, 0.5) is 15.8 Å². The number of carbonyl (C=O) groups excluding carboxylic acids is 2. The zero-order valence-electron chi connectivity index (χ0n) is 14.1. The largest absolute Gasteiger partial charge is 0.328 e. The summed E-state index contributed by atoms with van der Waals surface area (Å²) in [6.07, 6.45) is 0.990. The standard InChI is InChI=1S/C19H22FN3O2/c1-13(21)7-10-18(24)22-15-8-9-16(20)17(12-15)23-19(25)11-14-5-3-2-4-6-14/h2-6,8-9,12-13H,7,10-11,21H2,1H3,(H,22,24)(H,23,25). The minimum atomic E-state index is -0.560. The third kappa shape index (κ3) is 6.35. The van der Waals surface area contributed by atoms with Gasteiger partial charge in [0.2, 0.25) is 11.8 Å². The van der Waals surface area contributed by atoms with Gasteiger partial charge >= 0.3 is 0 Å². The normalized spacial score (nSPS) is 11.6. The molecule has 2 amide bonds. The number of carbonyl (C=O) groups is 2. The Labute approximate surface area is 146 Å². The monoisotopic (exact) mass is 343 g/mol. The van der Waals surface area contributed by atoms with Gasteiger partial charge in [0.1, 0.15) is 5.82 Å². The maximum absolute atomic E-state index is 13.9. The van der Waals surface area contributed by atoms with E-state index in [2.05, 4.69) is 10.6 Å². The molecule has 0 saturated heterocycles. The van der Waals surface area contributed by atoms with Gasteiger partial charge in [-0.2, -0.15) is 0 Å². The first kappa shape index (κ1) is 18.6. The van der Waals surface area contributed by atoms with Crippen LogP contribution < -0.4 is 16.4 Å². The lowest BCUT2D eigenvalue weighted by atomic mass is 10.1. The van der Waals surface area contributed by atoms with Crippen LogP contribution in [0.3, 0.4) is 0 Å². The fraction of sp³-hybridized carbons (Fsp3) is 0.263. The van der Waals surface area contributed by atoms with E-state index in [1.54, 1.807) is 0 Å². The summed E-state index contributed by atoms with van der Waals surface area (Å²) < 4.78 is 13.9. The minimum Gasteiger partial charge on any atom is -0.328 e. The maximum Gasteiger partial charge on any atom is 0.228 e. The molecule has 0 aliphatic carbocycles. The second-order valence-electron chi connectivity index (χ2n) is 5.97. The Hall–Kier alpha value is -2.73. The summed E-state index contributed by atoms with van der Waals surface area (Å²) in [4.78, 5) is 23.9. The van der Waals surface area contributed by atoms with Crippen molar-refractivity contribution >= 4 is 23.2 Å². The van der Waals surface area contributed by atoms with Gasteiger partial charge in [-0.25, -0.2) is 4.39 Å². The Morgan fingerprint density at radius 1 is 1.08 bits per heavy atom. The first-order valence-electron chi connectivity index (χ1n) is 8.13. The molecule has 1 unspecified atom stereocenters. The van der Waals surface area contributed by atoms with Crippen molar-refractivity contribution in [2.24, 2.45) is 5.73 Å². The van der Waals surface area contributed by atoms with Crippen LogP contribution in [-0.4, -0.2) is 17.9 Å². The molecule has 0 aliphatic heterocycles. The Bertz CT molecular complexity index is 733. The van der Waals surface area contributed by atoms with Crippen molar-refractivity contribution in [3.8, 4) is 0 Å². The van der Waals surface area contributed by atoms with Gasteiger partial charge in [-0.15, -0.1) is 0 Å². The predicted molar refractivity (Wildman–Crippen MR) is 96.7 cm³/mol. The Kier molecular flexibility index (Phi) is 6.65. The van der Waals surface area contributed by atoms with E-state index in [1.807, 2.05) is 37.3 Å². The lowest BCUT2D eigenvalue weighted by Gasteiger charge is -2.11. The van der Waals surface area contributed by atoms with Crippen LogP contribution in [0.1, 0.15) is 25.3 Å². The first-order chi connectivity index (χ1) is 11.9. The number of halogens is 1. The molecule has 0 spiro atoms. The molecule has 0 aromatic heterocycles. The minimum absolute atomic E-state index is 0.0333. The zero-order valence-corrected chi connectivity index (χ0v) is 14.1. The van der Waals surface area contributed by atoms with Crippen molar-refractivity contribution in [3.05, 3.63) is 59.9 Å². The van der Waals surface area contributed by atoms with Gasteiger partial charge in [-0.3, -0.25) is 9.59 Å². The second-order valence-corrected chi connectivity index (χ2v) is 5.97. The van der Waals surface area contributed by atoms with Crippen LogP contribution >= 0.6 is 0 Å². The number of hydrogen-bond donors (Lipinski definition) is 3. The highest BCUT2D eigenvalue weighted by Gasteiger charge is 2.10. The average molecular weight is 343 g/mol. The van der Waals surface area contributed by atoms with E-state index >= 15 is 0 Å². The summed E-state index contributed by atoms with van der Waals surface area (Å²) in [5, 5.41) is 5.21. The fourth-order valence-electron chi connectivity index (χ4n) is 2.26. The van der Waals surface area contributed by atoms with Crippen molar-refractivity contribution < 1.29 is 14.0 Å². The third-order valence-electron chi connectivity index (χ3n) is 3.56. The van der Waals surface area contributed by atoms with E-state index in [-0.39, 0.29) is 36.4 Å². The van der Waals surface area contributed by atoms with E-state index in [1.165, 1.54) is 18.2 Å². The molecule has 2 rings (SSSR count). The molecular weight excluding hydrogens is 321 g/mol. The van der Waals surface area contributed by atoms with E-state index in [9.17, 15) is 14.0 Å². The highest BCUT2D eigenvalue weighted by atomic mass is 19.1. The SMILES string of the molecule is CC(N)CCC(=O)Nc1ccc(F)c(NC(=O)Cc2ccccc2)c1. The summed E-state index contributed by atoms with van der Waals surface area (Å²) in [6, 6.07) is 13.2. The lowest BCUT2D eigenvalue weighted by Crippen LogP contribution is -2.20. The van der Waals surface area contributed by atoms with Crippen LogP contribution in [-0.2, 0) is 16.0 Å². The number of hydrogen-bond acceptors (Lipinski definition) is 3. The molecule has 132 valence electrons. The van der Waals surface area contributed by atoms with Crippen molar-refractivity contribution in [3.63, 3.8) is 0 Å². The molecule has 0 heterocycles. The third-order valence-corrected chi connectivity index (χ3v) is 3.56. The van der Waals surface area contributed by atoms with Gasteiger partial charge in [-0.1, -0.05) is 30.3 Å². The second kappa shape index (κ2) is 8.94. The Morgan fingerprint density at radius 2 is 1.80 bits per heavy atom. The molecule has 0 fully saturated rings. The van der Waals surface area contributed by atoms with Gasteiger partial charge in [0, 0.05) is 18.2 Å². The number of nitrogens with one attached hydrogen (secondary N) is 2. The van der Waals surface area contributed by atoms with E-state index in [0.29, 0.717) is 12.1 Å². The van der Waals surface area contributed by atoms with Gasteiger partial charge in [0.25, 0.3) is 0 Å². The topological polar surface area (TPSA) is 84.2 Å². The van der Waals surface area contributed by atoms with Crippen molar-refractivity contribution in [1.82, 2.24) is 0 Å². The van der Waals surface area contributed by atoms with Crippen LogP contribution in [0.2, 0.25) is 0 Å². The molecule has 6 heteroatoms. The van der Waals surface area contributed by atoms with Gasteiger partial charge < -0.3 is 16.4 Å². The van der Waals surface area contributed by atoms with Crippen LogP contribution in [0.25, 0.3) is 0 Å². The number of amides is 2. The molecule has 5 nitrogen and oxygen atoms in total. The summed E-state index contributed by atoms with van der Waals surface area (Å²) in [5.74, 6) is -1.09. The number of nitrogens with two attached hydrogens (primary N) is 1. The summed E-state index contributed by atoms with van der Waals surface area (Å²) in [7, 11) is 0. The molecule has 0 radical (unpaired) electrons. The number of anilines is 2. The predicted octanol–water partition coefficient (Wildman–Crippen LogP) is 3.07. The van der Waals surface area contributed by atoms with Crippen LogP contribution in [0.5, 0.6) is 0 Å². The van der Waals surface area contributed by atoms with E-state index in [0.717, 1.165) is 5.56 Å². The number of benzene rings is 2.